The van der Waals surface area contributed by atoms with Gasteiger partial charge in [0.05, 0.1) is 6.54 Å². The maximum Gasteiger partial charge on any atom is 0.244 e. The highest BCUT2D eigenvalue weighted by molar-refractivity contribution is 14.0. The van der Waals surface area contributed by atoms with Crippen LogP contribution >= 0.6 is 35.3 Å². The van der Waals surface area contributed by atoms with Crippen LogP contribution in [0.25, 0.3) is 0 Å². The molecule has 1 aliphatic rings. The second kappa shape index (κ2) is 10.7. The monoisotopic (exact) mass is 498 g/mol. The zero-order chi connectivity index (χ0) is 18.4. The van der Waals surface area contributed by atoms with E-state index in [1.807, 2.05) is 17.9 Å². The molecule has 1 aliphatic heterocycles. The molecule has 27 heavy (non-hydrogen) atoms. The third kappa shape index (κ3) is 6.21. The highest BCUT2D eigenvalue weighted by Gasteiger charge is 2.19. The maximum atomic E-state index is 12.6. The maximum absolute atomic E-state index is 12.6. The topological polar surface area (TPSA) is 56.7 Å². The molecule has 0 unspecified atom stereocenters. The lowest BCUT2D eigenvalue weighted by atomic mass is 10.00. The fraction of sp³-hybridized carbons (Fsp3) is 0.400. The van der Waals surface area contributed by atoms with Crippen LogP contribution in [0.15, 0.2) is 41.4 Å². The van der Waals surface area contributed by atoms with E-state index in [1.54, 1.807) is 11.3 Å². The molecule has 1 amide bonds. The van der Waals surface area contributed by atoms with Gasteiger partial charge < -0.3 is 15.5 Å². The number of carbonyl (C=O) groups excluding carboxylic acids is 1. The minimum atomic E-state index is 0. The van der Waals surface area contributed by atoms with Crippen molar-refractivity contribution in [2.45, 2.75) is 33.4 Å². The van der Waals surface area contributed by atoms with Gasteiger partial charge >= 0.3 is 0 Å². The Morgan fingerprint density at radius 2 is 1.96 bits per heavy atom. The van der Waals surface area contributed by atoms with Crippen LogP contribution in [-0.2, 0) is 24.3 Å². The lowest BCUT2D eigenvalue weighted by molar-refractivity contribution is -0.130. The van der Waals surface area contributed by atoms with Gasteiger partial charge in [0.2, 0.25) is 5.91 Å². The Labute approximate surface area is 182 Å². The summed E-state index contributed by atoms with van der Waals surface area (Å²) in [6.45, 7) is 7.22. The van der Waals surface area contributed by atoms with Crippen LogP contribution in [0.3, 0.4) is 0 Å². The third-order valence-electron chi connectivity index (χ3n) is 4.43. The van der Waals surface area contributed by atoms with Crippen molar-refractivity contribution in [3.8, 4) is 0 Å². The van der Waals surface area contributed by atoms with Crippen LogP contribution in [0.4, 0.5) is 0 Å². The summed E-state index contributed by atoms with van der Waals surface area (Å²) >= 11 is 1.77. The van der Waals surface area contributed by atoms with Crippen LogP contribution in [0.2, 0.25) is 0 Å². The summed E-state index contributed by atoms with van der Waals surface area (Å²) in [5, 5.41) is 6.51. The average molecular weight is 498 g/mol. The predicted octanol–water partition coefficient (Wildman–Crippen LogP) is 3.31. The van der Waals surface area contributed by atoms with Gasteiger partial charge in [-0.3, -0.25) is 4.79 Å². The number of benzene rings is 1. The van der Waals surface area contributed by atoms with Crippen molar-refractivity contribution in [1.82, 2.24) is 15.5 Å². The molecule has 0 bridgehead atoms. The number of carbonyl (C=O) groups is 1. The summed E-state index contributed by atoms with van der Waals surface area (Å²) in [5.41, 5.74) is 2.59. The number of halogens is 1. The molecule has 0 atom stereocenters. The van der Waals surface area contributed by atoms with Crippen molar-refractivity contribution in [3.05, 3.63) is 57.3 Å². The number of aliphatic imine (C=N–C) groups is 1. The molecule has 3 rings (SSSR count). The Morgan fingerprint density at radius 3 is 2.67 bits per heavy atom. The van der Waals surface area contributed by atoms with Crippen LogP contribution in [0.5, 0.6) is 0 Å². The number of nitrogens with one attached hydrogen (secondary N) is 2. The molecule has 0 fully saturated rings. The molecule has 2 aromatic rings. The second-order valence-electron chi connectivity index (χ2n) is 6.40. The highest BCUT2D eigenvalue weighted by Crippen LogP contribution is 2.18. The van der Waals surface area contributed by atoms with Gasteiger partial charge in [0.15, 0.2) is 5.96 Å². The Morgan fingerprint density at radius 1 is 1.19 bits per heavy atom. The van der Waals surface area contributed by atoms with Crippen molar-refractivity contribution >= 4 is 47.2 Å². The molecule has 146 valence electrons. The molecule has 0 aliphatic carbocycles. The summed E-state index contributed by atoms with van der Waals surface area (Å²) in [6.07, 6.45) is 0.918. The zero-order valence-electron chi connectivity index (χ0n) is 15.8. The van der Waals surface area contributed by atoms with Crippen LogP contribution in [-0.4, -0.2) is 36.4 Å². The molecule has 0 spiro atoms. The van der Waals surface area contributed by atoms with E-state index in [0.29, 0.717) is 12.5 Å². The highest BCUT2D eigenvalue weighted by atomic mass is 127. The summed E-state index contributed by atoms with van der Waals surface area (Å²) in [5.74, 6) is 0.757. The van der Waals surface area contributed by atoms with E-state index in [4.69, 9.17) is 0 Å². The number of thiophene rings is 1. The van der Waals surface area contributed by atoms with E-state index >= 15 is 0 Å². The predicted molar refractivity (Wildman–Crippen MR) is 123 cm³/mol. The summed E-state index contributed by atoms with van der Waals surface area (Å²) in [4.78, 5) is 21.5. The number of hydrogen-bond donors (Lipinski definition) is 2. The van der Waals surface area contributed by atoms with Crippen molar-refractivity contribution in [2.24, 2.45) is 4.99 Å². The number of fused-ring (bicyclic) bond motifs is 1. The van der Waals surface area contributed by atoms with E-state index in [1.165, 1.54) is 20.9 Å². The fourth-order valence-electron chi connectivity index (χ4n) is 3.05. The Hall–Kier alpha value is -1.61. The SMILES string of the molecule is CCNC(=NCC(=O)N1CCc2ccccc2C1)NCc1ccc(C)s1.I. The van der Waals surface area contributed by atoms with Crippen molar-refractivity contribution in [1.29, 1.82) is 0 Å². The average Bonchev–Trinajstić information content (AvgIpc) is 3.08. The Balaban J connectivity index is 0.00000261. The lowest BCUT2D eigenvalue weighted by Crippen LogP contribution is -2.40. The van der Waals surface area contributed by atoms with Gasteiger partial charge in [0, 0.05) is 29.4 Å². The first-order valence-electron chi connectivity index (χ1n) is 9.07. The first kappa shape index (κ1) is 21.7. The van der Waals surface area contributed by atoms with Crippen LogP contribution in [0, 0.1) is 6.92 Å². The molecular formula is C20H27IN4OS. The lowest BCUT2D eigenvalue weighted by Gasteiger charge is -2.28. The molecule has 1 aromatic heterocycles. The number of amides is 1. The third-order valence-corrected chi connectivity index (χ3v) is 5.43. The van der Waals surface area contributed by atoms with Gasteiger partial charge in [-0.2, -0.15) is 0 Å². The van der Waals surface area contributed by atoms with E-state index in [9.17, 15) is 4.79 Å². The minimum Gasteiger partial charge on any atom is -0.357 e. The molecule has 1 aromatic carbocycles. The largest absolute Gasteiger partial charge is 0.357 e. The standard InChI is InChI=1S/C20H26N4OS.HI/c1-3-21-20(22-12-18-9-8-15(2)26-18)23-13-19(25)24-11-10-16-6-4-5-7-17(16)14-24;/h4-9H,3,10-14H2,1-2H3,(H2,21,22,23);1H. The van der Waals surface area contributed by atoms with E-state index < -0.39 is 0 Å². The van der Waals surface area contributed by atoms with Gasteiger partial charge in [-0.25, -0.2) is 4.99 Å². The van der Waals surface area contributed by atoms with Gasteiger partial charge in [-0.1, -0.05) is 24.3 Å². The summed E-state index contributed by atoms with van der Waals surface area (Å²) < 4.78 is 0. The molecule has 0 radical (unpaired) electrons. The minimum absolute atomic E-state index is 0. The molecule has 2 heterocycles. The van der Waals surface area contributed by atoms with E-state index in [-0.39, 0.29) is 36.4 Å². The van der Waals surface area contributed by atoms with Crippen molar-refractivity contribution in [3.63, 3.8) is 0 Å². The molecule has 0 saturated carbocycles. The first-order valence-corrected chi connectivity index (χ1v) is 9.89. The van der Waals surface area contributed by atoms with Crippen LogP contribution < -0.4 is 10.6 Å². The van der Waals surface area contributed by atoms with Gasteiger partial charge in [-0.15, -0.1) is 35.3 Å². The molecule has 5 nitrogen and oxygen atoms in total. The quantitative estimate of drug-likeness (QED) is 0.378. The molecule has 0 saturated heterocycles. The molecular weight excluding hydrogens is 471 g/mol. The number of rotatable bonds is 5. The summed E-state index contributed by atoms with van der Waals surface area (Å²) in [7, 11) is 0. The number of hydrogen-bond acceptors (Lipinski definition) is 3. The molecule has 7 heteroatoms. The van der Waals surface area contributed by atoms with Gasteiger partial charge in [-0.05, 0) is 43.5 Å². The zero-order valence-corrected chi connectivity index (χ0v) is 19.0. The van der Waals surface area contributed by atoms with E-state index in [0.717, 1.165) is 26.1 Å². The van der Waals surface area contributed by atoms with Crippen LogP contribution in [0.1, 0.15) is 27.8 Å². The number of guanidine groups is 1. The van der Waals surface area contributed by atoms with E-state index in [2.05, 4.69) is 52.9 Å². The number of aryl methyl sites for hydroxylation is 1. The Kier molecular flexibility index (Phi) is 8.56. The Bertz CT molecular complexity index is 790. The summed E-state index contributed by atoms with van der Waals surface area (Å²) in [6, 6.07) is 12.6. The number of nitrogens with zero attached hydrogens (tertiary/aromatic N) is 2. The van der Waals surface area contributed by atoms with Crippen molar-refractivity contribution in [2.75, 3.05) is 19.6 Å². The first-order chi connectivity index (χ1) is 12.7. The van der Waals surface area contributed by atoms with Gasteiger partial charge in [0.25, 0.3) is 0 Å². The van der Waals surface area contributed by atoms with Gasteiger partial charge in [0.1, 0.15) is 6.54 Å². The van der Waals surface area contributed by atoms with Crippen molar-refractivity contribution < 1.29 is 4.79 Å². The smallest absolute Gasteiger partial charge is 0.244 e. The molecule has 2 N–H and O–H groups in total. The fourth-order valence-corrected chi connectivity index (χ4v) is 3.88. The second-order valence-corrected chi connectivity index (χ2v) is 7.77. The normalized spacial score (nSPS) is 13.6.